The van der Waals surface area contributed by atoms with Crippen molar-refractivity contribution in [2.45, 2.75) is 38.6 Å². The number of nitrogens with two attached hydrogens (primary N) is 1. The molecule has 1 rings (SSSR count). The lowest BCUT2D eigenvalue weighted by molar-refractivity contribution is -0.136. The van der Waals surface area contributed by atoms with Crippen LogP contribution in [0.15, 0.2) is 0 Å². The molecule has 0 aliphatic carbocycles. The number of likely N-dealkylation sites (N-methyl/N-ethyl adjacent to an activating group) is 1. The molecular formula is C11H22N2O2. The number of nitrogens with zero attached hydrogens (tertiary/aromatic N) is 1. The molecule has 1 fully saturated rings. The second-order valence-corrected chi connectivity index (χ2v) is 4.20. The molecule has 1 aliphatic heterocycles. The minimum atomic E-state index is -0.760. The number of amides is 1. The van der Waals surface area contributed by atoms with E-state index in [0.29, 0.717) is 19.6 Å². The molecule has 1 heterocycles. The van der Waals surface area contributed by atoms with Crippen LogP contribution in [0.5, 0.6) is 0 Å². The summed E-state index contributed by atoms with van der Waals surface area (Å²) in [5.41, 5.74) is 5.27. The Morgan fingerprint density at radius 1 is 1.53 bits per heavy atom. The van der Waals surface area contributed by atoms with E-state index >= 15 is 0 Å². The van der Waals surface area contributed by atoms with Crippen LogP contribution >= 0.6 is 0 Å². The Balaban J connectivity index is 2.55. The van der Waals surface area contributed by atoms with E-state index in [1.54, 1.807) is 0 Å². The second-order valence-electron chi connectivity index (χ2n) is 4.20. The van der Waals surface area contributed by atoms with E-state index in [2.05, 4.69) is 6.92 Å². The third-order valence-corrected chi connectivity index (χ3v) is 2.93. The zero-order valence-corrected chi connectivity index (χ0v) is 9.79. The van der Waals surface area contributed by atoms with Crippen molar-refractivity contribution in [2.75, 3.05) is 26.3 Å². The first-order valence-corrected chi connectivity index (χ1v) is 5.80. The lowest BCUT2D eigenvalue weighted by Gasteiger charge is -2.29. The first-order chi connectivity index (χ1) is 7.14. The predicted molar refractivity (Wildman–Crippen MR) is 59.5 cm³/mol. The molecule has 1 unspecified atom stereocenters. The number of unbranched alkanes of at least 4 members (excludes halogenated alkanes) is 1. The number of carbonyl (C=O) groups excluding carboxylic acids is 1. The standard InChI is InChI=1S/C11H22N2O2/c1-3-5-7-13(4-2)10(14)11(12)6-8-15-9-11/h3-9,12H2,1-2H3. The fourth-order valence-electron chi connectivity index (χ4n) is 1.82. The third kappa shape index (κ3) is 2.92. The average Bonchev–Trinajstić information content (AvgIpc) is 2.67. The zero-order chi connectivity index (χ0) is 11.3. The summed E-state index contributed by atoms with van der Waals surface area (Å²) in [6.45, 7) is 6.63. The molecule has 0 aromatic rings. The Hall–Kier alpha value is -0.610. The van der Waals surface area contributed by atoms with Crippen molar-refractivity contribution in [3.63, 3.8) is 0 Å². The SMILES string of the molecule is CCCCN(CC)C(=O)C1(N)CCOC1. The van der Waals surface area contributed by atoms with Crippen molar-refractivity contribution in [1.29, 1.82) is 0 Å². The summed E-state index contributed by atoms with van der Waals surface area (Å²) in [4.78, 5) is 14.0. The third-order valence-electron chi connectivity index (χ3n) is 2.93. The van der Waals surface area contributed by atoms with Crippen LogP contribution in [-0.2, 0) is 9.53 Å². The molecule has 0 radical (unpaired) electrons. The number of ether oxygens (including phenoxy) is 1. The van der Waals surface area contributed by atoms with Crippen molar-refractivity contribution >= 4 is 5.91 Å². The largest absolute Gasteiger partial charge is 0.379 e. The Bertz CT molecular complexity index is 213. The maximum Gasteiger partial charge on any atom is 0.245 e. The van der Waals surface area contributed by atoms with Gasteiger partial charge in [-0.2, -0.15) is 0 Å². The first kappa shape index (κ1) is 12.5. The summed E-state index contributed by atoms with van der Waals surface area (Å²) in [5.74, 6) is 0.0518. The minimum absolute atomic E-state index is 0.0518. The number of carbonyl (C=O) groups is 1. The zero-order valence-electron chi connectivity index (χ0n) is 9.79. The molecule has 0 spiro atoms. The number of hydrogen-bond donors (Lipinski definition) is 1. The normalized spacial score (nSPS) is 25.5. The van der Waals surface area contributed by atoms with Crippen molar-refractivity contribution in [1.82, 2.24) is 4.90 Å². The van der Waals surface area contributed by atoms with Crippen LogP contribution in [-0.4, -0.2) is 42.6 Å². The monoisotopic (exact) mass is 214 g/mol. The minimum Gasteiger partial charge on any atom is -0.379 e. The Kier molecular flexibility index (Phi) is 4.54. The van der Waals surface area contributed by atoms with E-state index in [1.807, 2.05) is 11.8 Å². The van der Waals surface area contributed by atoms with Gasteiger partial charge in [0.1, 0.15) is 5.54 Å². The molecule has 1 atom stereocenters. The lowest BCUT2D eigenvalue weighted by atomic mass is 9.98. The highest BCUT2D eigenvalue weighted by Crippen LogP contribution is 2.18. The van der Waals surface area contributed by atoms with Gasteiger partial charge in [-0.1, -0.05) is 13.3 Å². The summed E-state index contributed by atoms with van der Waals surface area (Å²) in [6, 6.07) is 0. The van der Waals surface area contributed by atoms with E-state index in [-0.39, 0.29) is 5.91 Å². The molecule has 2 N–H and O–H groups in total. The van der Waals surface area contributed by atoms with Crippen LogP contribution in [0.25, 0.3) is 0 Å². The molecule has 88 valence electrons. The molecule has 1 aliphatic rings. The molecule has 4 nitrogen and oxygen atoms in total. The van der Waals surface area contributed by atoms with Gasteiger partial charge in [-0.3, -0.25) is 4.79 Å². The van der Waals surface area contributed by atoms with Crippen molar-refractivity contribution in [3.05, 3.63) is 0 Å². The summed E-state index contributed by atoms with van der Waals surface area (Å²) >= 11 is 0. The van der Waals surface area contributed by atoms with Crippen LogP contribution in [0, 0.1) is 0 Å². The molecule has 0 bridgehead atoms. The van der Waals surface area contributed by atoms with E-state index in [4.69, 9.17) is 10.5 Å². The summed E-state index contributed by atoms with van der Waals surface area (Å²) in [5, 5.41) is 0. The second kappa shape index (κ2) is 5.47. The van der Waals surface area contributed by atoms with Gasteiger partial charge in [0, 0.05) is 19.7 Å². The van der Waals surface area contributed by atoms with Crippen LogP contribution in [0.3, 0.4) is 0 Å². The lowest BCUT2D eigenvalue weighted by Crippen LogP contribution is -2.56. The Labute approximate surface area is 91.8 Å². The molecule has 0 saturated carbocycles. The predicted octanol–water partition coefficient (Wildman–Crippen LogP) is 0.753. The van der Waals surface area contributed by atoms with Gasteiger partial charge in [0.15, 0.2) is 0 Å². The Morgan fingerprint density at radius 2 is 2.27 bits per heavy atom. The van der Waals surface area contributed by atoms with Gasteiger partial charge in [0.25, 0.3) is 0 Å². The summed E-state index contributed by atoms with van der Waals surface area (Å²) < 4.78 is 5.21. The van der Waals surface area contributed by atoms with Gasteiger partial charge in [0.05, 0.1) is 6.61 Å². The van der Waals surface area contributed by atoms with E-state index < -0.39 is 5.54 Å². The molecule has 15 heavy (non-hydrogen) atoms. The van der Waals surface area contributed by atoms with Gasteiger partial charge in [-0.05, 0) is 19.8 Å². The van der Waals surface area contributed by atoms with Crippen LogP contribution < -0.4 is 5.73 Å². The highest BCUT2D eigenvalue weighted by molar-refractivity contribution is 5.86. The highest BCUT2D eigenvalue weighted by Gasteiger charge is 2.40. The fourth-order valence-corrected chi connectivity index (χ4v) is 1.82. The molecule has 4 heteroatoms. The number of rotatable bonds is 5. The van der Waals surface area contributed by atoms with E-state index in [0.717, 1.165) is 25.9 Å². The number of hydrogen-bond acceptors (Lipinski definition) is 3. The summed E-state index contributed by atoms with van der Waals surface area (Å²) in [6.07, 6.45) is 2.78. The smallest absolute Gasteiger partial charge is 0.245 e. The van der Waals surface area contributed by atoms with Crippen molar-refractivity contribution in [3.8, 4) is 0 Å². The van der Waals surface area contributed by atoms with Crippen LogP contribution in [0.2, 0.25) is 0 Å². The summed E-state index contributed by atoms with van der Waals surface area (Å²) in [7, 11) is 0. The maximum atomic E-state index is 12.1. The van der Waals surface area contributed by atoms with Crippen LogP contribution in [0.4, 0.5) is 0 Å². The Morgan fingerprint density at radius 3 is 2.73 bits per heavy atom. The highest BCUT2D eigenvalue weighted by atomic mass is 16.5. The van der Waals surface area contributed by atoms with Gasteiger partial charge in [0.2, 0.25) is 5.91 Å². The van der Waals surface area contributed by atoms with Gasteiger partial charge in [-0.25, -0.2) is 0 Å². The van der Waals surface area contributed by atoms with Crippen molar-refractivity contribution in [2.24, 2.45) is 5.73 Å². The van der Waals surface area contributed by atoms with Crippen molar-refractivity contribution < 1.29 is 9.53 Å². The van der Waals surface area contributed by atoms with Crippen LogP contribution in [0.1, 0.15) is 33.1 Å². The van der Waals surface area contributed by atoms with E-state index in [1.165, 1.54) is 0 Å². The molecular weight excluding hydrogens is 192 g/mol. The molecule has 1 amide bonds. The maximum absolute atomic E-state index is 12.1. The van der Waals surface area contributed by atoms with Gasteiger partial charge < -0.3 is 15.4 Å². The van der Waals surface area contributed by atoms with E-state index in [9.17, 15) is 4.79 Å². The molecule has 1 saturated heterocycles. The molecule has 0 aromatic heterocycles. The van der Waals surface area contributed by atoms with Gasteiger partial charge in [-0.15, -0.1) is 0 Å². The first-order valence-electron chi connectivity index (χ1n) is 5.80. The van der Waals surface area contributed by atoms with Gasteiger partial charge >= 0.3 is 0 Å². The molecule has 0 aromatic carbocycles. The topological polar surface area (TPSA) is 55.6 Å². The average molecular weight is 214 g/mol. The fraction of sp³-hybridized carbons (Fsp3) is 0.909. The quantitative estimate of drug-likeness (QED) is 0.735.